The Balaban J connectivity index is 2.71. The minimum Gasteiger partial charge on any atom is -0.481 e. The average Bonchev–Trinajstić information content (AvgIpc) is 2.62. The number of aliphatic carboxylic acids is 1. The molecule has 1 rings (SSSR count). The highest BCUT2D eigenvalue weighted by Gasteiger charge is 2.59. The molecular formula is C10H16O3. The van der Waals surface area contributed by atoms with Crippen LogP contribution in [0.4, 0.5) is 0 Å². The van der Waals surface area contributed by atoms with Crippen molar-refractivity contribution in [2.45, 2.75) is 33.6 Å². The number of rotatable bonds is 4. The van der Waals surface area contributed by atoms with Gasteiger partial charge >= 0.3 is 5.97 Å². The van der Waals surface area contributed by atoms with Gasteiger partial charge in [-0.15, -0.1) is 0 Å². The highest BCUT2D eigenvalue weighted by atomic mass is 16.4. The summed E-state index contributed by atoms with van der Waals surface area (Å²) >= 11 is 0. The maximum atomic E-state index is 11.1. The molecule has 0 radical (unpaired) electrons. The lowest BCUT2D eigenvalue weighted by Crippen LogP contribution is -2.19. The normalized spacial score (nSPS) is 31.8. The molecule has 13 heavy (non-hydrogen) atoms. The lowest BCUT2D eigenvalue weighted by atomic mass is 9.86. The van der Waals surface area contributed by atoms with Gasteiger partial charge in [0, 0.05) is 5.92 Å². The van der Waals surface area contributed by atoms with Crippen molar-refractivity contribution in [3.05, 3.63) is 0 Å². The van der Waals surface area contributed by atoms with E-state index >= 15 is 0 Å². The van der Waals surface area contributed by atoms with Crippen LogP contribution in [0.3, 0.4) is 0 Å². The predicted octanol–water partition coefficient (Wildman–Crippen LogP) is 1.71. The largest absolute Gasteiger partial charge is 0.481 e. The van der Waals surface area contributed by atoms with Crippen LogP contribution in [0.5, 0.6) is 0 Å². The predicted molar refractivity (Wildman–Crippen MR) is 48.3 cm³/mol. The van der Waals surface area contributed by atoms with Crippen LogP contribution in [0.1, 0.15) is 33.6 Å². The molecule has 1 aliphatic rings. The van der Waals surface area contributed by atoms with Gasteiger partial charge in [-0.25, -0.2) is 0 Å². The summed E-state index contributed by atoms with van der Waals surface area (Å²) in [5.74, 6) is -0.395. The standard InChI is InChI=1S/C10H16O3/c1-6(2)10(5-9(12)13)4-8(10)7(3)11/h6,8H,4-5H2,1-3H3,(H,12,13)/t8-,10-/m0/s1. The molecule has 0 aromatic heterocycles. The van der Waals surface area contributed by atoms with Crippen LogP contribution in [0, 0.1) is 17.3 Å². The molecule has 2 atom stereocenters. The molecule has 74 valence electrons. The van der Waals surface area contributed by atoms with Gasteiger partial charge < -0.3 is 5.11 Å². The van der Waals surface area contributed by atoms with Crippen LogP contribution in [0.25, 0.3) is 0 Å². The molecule has 0 aliphatic heterocycles. The van der Waals surface area contributed by atoms with Gasteiger partial charge in [0.05, 0.1) is 6.42 Å². The molecule has 0 heterocycles. The van der Waals surface area contributed by atoms with Gasteiger partial charge in [0.25, 0.3) is 0 Å². The number of carbonyl (C=O) groups excluding carboxylic acids is 1. The SMILES string of the molecule is CC(=O)[C@@H]1C[C@]1(CC(=O)O)C(C)C. The second-order valence-corrected chi connectivity index (χ2v) is 4.33. The molecule has 0 bridgehead atoms. The highest BCUT2D eigenvalue weighted by Crippen LogP contribution is 2.60. The summed E-state index contributed by atoms with van der Waals surface area (Å²) in [5, 5.41) is 8.73. The summed E-state index contributed by atoms with van der Waals surface area (Å²) in [6, 6.07) is 0. The van der Waals surface area contributed by atoms with Gasteiger partial charge in [-0.1, -0.05) is 13.8 Å². The topological polar surface area (TPSA) is 54.4 Å². The highest BCUT2D eigenvalue weighted by molar-refractivity contribution is 5.84. The Morgan fingerprint density at radius 1 is 1.54 bits per heavy atom. The van der Waals surface area contributed by atoms with Gasteiger partial charge in [-0.3, -0.25) is 9.59 Å². The van der Waals surface area contributed by atoms with E-state index in [9.17, 15) is 9.59 Å². The van der Waals surface area contributed by atoms with Crippen LogP contribution < -0.4 is 0 Å². The third-order valence-electron chi connectivity index (χ3n) is 3.24. The molecule has 3 heteroatoms. The second kappa shape index (κ2) is 3.13. The Hall–Kier alpha value is -0.860. The van der Waals surface area contributed by atoms with Crippen molar-refractivity contribution in [1.82, 2.24) is 0 Å². The molecule has 0 aromatic rings. The van der Waals surface area contributed by atoms with Gasteiger partial charge in [0.2, 0.25) is 0 Å². The van der Waals surface area contributed by atoms with Crippen molar-refractivity contribution in [3.63, 3.8) is 0 Å². The van der Waals surface area contributed by atoms with E-state index in [1.165, 1.54) is 0 Å². The van der Waals surface area contributed by atoms with Crippen LogP contribution in [-0.4, -0.2) is 16.9 Å². The molecule has 0 aromatic carbocycles. The number of hydrogen-bond acceptors (Lipinski definition) is 2. The first-order valence-corrected chi connectivity index (χ1v) is 4.62. The van der Waals surface area contributed by atoms with E-state index in [0.29, 0.717) is 0 Å². The van der Waals surface area contributed by atoms with Gasteiger partial charge in [0.1, 0.15) is 5.78 Å². The fraction of sp³-hybridized carbons (Fsp3) is 0.800. The molecule has 0 amide bonds. The molecule has 0 spiro atoms. The Morgan fingerprint density at radius 3 is 2.31 bits per heavy atom. The Bertz CT molecular complexity index is 245. The fourth-order valence-electron chi connectivity index (χ4n) is 2.19. The third kappa shape index (κ3) is 1.74. The summed E-state index contributed by atoms with van der Waals surface area (Å²) in [7, 11) is 0. The van der Waals surface area contributed by atoms with Crippen LogP contribution in [0.15, 0.2) is 0 Å². The Labute approximate surface area is 78.1 Å². The van der Waals surface area contributed by atoms with Crippen LogP contribution >= 0.6 is 0 Å². The Morgan fingerprint density at radius 2 is 2.08 bits per heavy atom. The number of carboxylic acids is 1. The first kappa shape index (κ1) is 10.2. The molecule has 0 saturated heterocycles. The molecule has 1 saturated carbocycles. The molecule has 3 nitrogen and oxygen atoms in total. The smallest absolute Gasteiger partial charge is 0.303 e. The minimum atomic E-state index is -0.794. The molecule has 0 unspecified atom stereocenters. The second-order valence-electron chi connectivity index (χ2n) is 4.33. The first-order valence-electron chi connectivity index (χ1n) is 4.62. The van der Waals surface area contributed by atoms with E-state index in [1.54, 1.807) is 6.92 Å². The monoisotopic (exact) mass is 184 g/mol. The maximum absolute atomic E-state index is 11.1. The average molecular weight is 184 g/mol. The summed E-state index contributed by atoms with van der Waals surface area (Å²) in [6.45, 7) is 5.54. The van der Waals surface area contributed by atoms with Crippen LogP contribution in [0.2, 0.25) is 0 Å². The zero-order chi connectivity index (χ0) is 10.2. The maximum Gasteiger partial charge on any atom is 0.303 e. The summed E-state index contributed by atoms with van der Waals surface area (Å²) in [4.78, 5) is 21.7. The van der Waals surface area contributed by atoms with E-state index in [0.717, 1.165) is 6.42 Å². The van der Waals surface area contributed by atoms with Crippen molar-refractivity contribution in [3.8, 4) is 0 Å². The van der Waals surface area contributed by atoms with Crippen LogP contribution in [-0.2, 0) is 9.59 Å². The van der Waals surface area contributed by atoms with Gasteiger partial charge in [0.15, 0.2) is 0 Å². The zero-order valence-corrected chi connectivity index (χ0v) is 8.33. The van der Waals surface area contributed by atoms with E-state index in [-0.39, 0.29) is 29.5 Å². The number of ketones is 1. The van der Waals surface area contributed by atoms with E-state index in [4.69, 9.17) is 5.11 Å². The fourth-order valence-corrected chi connectivity index (χ4v) is 2.19. The van der Waals surface area contributed by atoms with Gasteiger partial charge in [-0.05, 0) is 24.7 Å². The quantitative estimate of drug-likeness (QED) is 0.723. The van der Waals surface area contributed by atoms with E-state index < -0.39 is 5.97 Å². The minimum absolute atomic E-state index is 0.0106. The zero-order valence-electron chi connectivity index (χ0n) is 8.33. The first-order chi connectivity index (χ1) is 5.90. The lowest BCUT2D eigenvalue weighted by Gasteiger charge is -2.18. The molecule has 1 aliphatic carbocycles. The summed E-state index contributed by atoms with van der Waals surface area (Å²) in [5.41, 5.74) is -0.238. The number of carbonyl (C=O) groups is 2. The van der Waals surface area contributed by atoms with E-state index in [2.05, 4.69) is 0 Å². The number of hydrogen-bond donors (Lipinski definition) is 1. The van der Waals surface area contributed by atoms with Crippen molar-refractivity contribution >= 4 is 11.8 Å². The van der Waals surface area contributed by atoms with Crippen molar-refractivity contribution in [2.75, 3.05) is 0 Å². The number of Topliss-reactive ketones (excluding diaryl/α,β-unsaturated/α-hetero) is 1. The van der Waals surface area contributed by atoms with Crippen molar-refractivity contribution < 1.29 is 14.7 Å². The number of carboxylic acid groups (broad SMARTS) is 1. The van der Waals surface area contributed by atoms with Gasteiger partial charge in [-0.2, -0.15) is 0 Å². The summed E-state index contributed by atoms with van der Waals surface area (Å²) < 4.78 is 0. The summed E-state index contributed by atoms with van der Waals surface area (Å²) in [6.07, 6.45) is 0.890. The van der Waals surface area contributed by atoms with E-state index in [1.807, 2.05) is 13.8 Å². The Kier molecular flexibility index (Phi) is 2.46. The van der Waals surface area contributed by atoms with Crippen molar-refractivity contribution in [1.29, 1.82) is 0 Å². The molecular weight excluding hydrogens is 168 g/mol. The molecule has 1 N–H and O–H groups in total. The third-order valence-corrected chi connectivity index (χ3v) is 3.24. The molecule has 1 fully saturated rings. The van der Waals surface area contributed by atoms with Crippen molar-refractivity contribution in [2.24, 2.45) is 17.3 Å². The lowest BCUT2D eigenvalue weighted by molar-refractivity contribution is -0.139.